The molecule has 145 valence electrons. The molecule has 2 N–H and O–H groups in total. The van der Waals surface area contributed by atoms with Crippen LogP contribution in [-0.2, 0) is 35.7 Å². The van der Waals surface area contributed by atoms with Crippen LogP contribution in [0.2, 0.25) is 0 Å². The molecule has 0 heterocycles. The Hall–Kier alpha value is 0.0364. The van der Waals surface area contributed by atoms with Crippen LogP contribution in [0, 0.1) is 0 Å². The fraction of sp³-hybridized carbons (Fsp3) is 0.632. The Labute approximate surface area is 205 Å². The van der Waals surface area contributed by atoms with Crippen molar-refractivity contribution in [1.82, 2.24) is 9.62 Å². The standard InChI is InChI=1S/C19H29N3O3S.K/c1-13(22(2)3)10-11-26(24,25)21-19(23)20-18-16-8-4-6-14(16)12-15-7-5-9-17(15)18;/h12-13H,4-11H2,1-3H3,(H2,20,21,23);. The summed E-state index contributed by atoms with van der Waals surface area (Å²) in [5.41, 5.74) is 5.87. The second kappa shape index (κ2) is 9.69. The molecule has 1 aromatic carbocycles. The van der Waals surface area contributed by atoms with E-state index in [0.29, 0.717) is 6.42 Å². The summed E-state index contributed by atoms with van der Waals surface area (Å²) in [4.78, 5) is 14.4. The van der Waals surface area contributed by atoms with Gasteiger partial charge in [0.05, 0.1) is 5.75 Å². The monoisotopic (exact) mass is 418 g/mol. The van der Waals surface area contributed by atoms with Crippen LogP contribution in [0.4, 0.5) is 10.5 Å². The van der Waals surface area contributed by atoms with Gasteiger partial charge in [-0.05, 0) is 88.2 Å². The molecule has 0 aromatic heterocycles. The molecule has 1 radical (unpaired) electrons. The summed E-state index contributed by atoms with van der Waals surface area (Å²) >= 11 is 0. The first kappa shape index (κ1) is 23.3. The second-order valence-electron chi connectivity index (χ2n) is 7.71. The molecular weight excluding hydrogens is 389 g/mol. The van der Waals surface area contributed by atoms with Crippen molar-refractivity contribution in [3.8, 4) is 0 Å². The Kier molecular flexibility index (Phi) is 8.37. The Bertz CT molecular complexity index is 777. The minimum atomic E-state index is -3.65. The van der Waals surface area contributed by atoms with Crippen LogP contribution in [0.1, 0.15) is 48.4 Å². The van der Waals surface area contributed by atoms with Crippen LogP contribution < -0.4 is 10.0 Å². The zero-order chi connectivity index (χ0) is 18.9. The smallest absolute Gasteiger partial charge is 0.307 e. The first-order valence-corrected chi connectivity index (χ1v) is 11.1. The number of aryl methyl sites for hydroxylation is 2. The maximum absolute atomic E-state index is 12.4. The molecule has 1 unspecified atom stereocenters. The van der Waals surface area contributed by atoms with E-state index in [-0.39, 0.29) is 63.2 Å². The average Bonchev–Trinajstić information content (AvgIpc) is 3.20. The van der Waals surface area contributed by atoms with Crippen LogP contribution in [0.5, 0.6) is 0 Å². The number of nitrogens with one attached hydrogen (secondary N) is 2. The van der Waals surface area contributed by atoms with Gasteiger partial charge in [0.2, 0.25) is 10.0 Å². The number of carbonyl (C=O) groups is 1. The number of carbonyl (C=O) groups excluding carboxylic acids is 1. The number of amides is 2. The van der Waals surface area contributed by atoms with Gasteiger partial charge in [0, 0.05) is 63.1 Å². The van der Waals surface area contributed by atoms with E-state index in [2.05, 4.69) is 16.1 Å². The number of rotatable bonds is 6. The van der Waals surface area contributed by atoms with Crippen molar-refractivity contribution in [2.24, 2.45) is 0 Å². The Balaban J connectivity index is 0.00000261. The van der Waals surface area contributed by atoms with E-state index in [0.717, 1.165) is 44.2 Å². The summed E-state index contributed by atoms with van der Waals surface area (Å²) in [6, 6.07) is 1.78. The zero-order valence-corrected chi connectivity index (χ0v) is 20.8. The third kappa shape index (κ3) is 5.78. The van der Waals surface area contributed by atoms with E-state index >= 15 is 0 Å². The summed E-state index contributed by atoms with van der Waals surface area (Å²) in [5, 5.41) is 2.87. The molecule has 2 amide bonds. The largest absolute Gasteiger partial charge is 0.332 e. The summed E-state index contributed by atoms with van der Waals surface area (Å²) in [7, 11) is 0.175. The van der Waals surface area contributed by atoms with Crippen molar-refractivity contribution in [3.05, 3.63) is 28.3 Å². The molecule has 0 fully saturated rings. The van der Waals surface area contributed by atoms with E-state index < -0.39 is 16.1 Å². The number of hydrogen-bond acceptors (Lipinski definition) is 4. The number of benzene rings is 1. The minimum absolute atomic E-state index is 0. The topological polar surface area (TPSA) is 78.5 Å². The molecule has 27 heavy (non-hydrogen) atoms. The average molecular weight is 419 g/mol. The van der Waals surface area contributed by atoms with Crippen LogP contribution in [-0.4, -0.2) is 96.6 Å². The van der Waals surface area contributed by atoms with Gasteiger partial charge in [0.15, 0.2) is 0 Å². The number of fused-ring (bicyclic) bond motifs is 2. The molecule has 0 saturated carbocycles. The molecule has 0 spiro atoms. The van der Waals surface area contributed by atoms with Crippen LogP contribution in [0.3, 0.4) is 0 Å². The van der Waals surface area contributed by atoms with Gasteiger partial charge in [-0.2, -0.15) is 0 Å². The number of anilines is 1. The van der Waals surface area contributed by atoms with E-state index in [1.807, 2.05) is 25.9 Å². The number of nitrogens with zero attached hydrogens (tertiary/aromatic N) is 1. The fourth-order valence-corrected chi connectivity index (χ4v) is 4.97. The summed E-state index contributed by atoms with van der Waals surface area (Å²) in [5.74, 6) is -0.0647. The predicted octanol–water partition coefficient (Wildman–Crippen LogP) is 2.07. The first-order valence-electron chi connectivity index (χ1n) is 9.41. The van der Waals surface area contributed by atoms with Gasteiger partial charge in [-0.3, -0.25) is 0 Å². The maximum Gasteiger partial charge on any atom is 0.332 e. The normalized spacial score (nSPS) is 16.4. The number of sulfonamides is 1. The van der Waals surface area contributed by atoms with Gasteiger partial charge in [-0.15, -0.1) is 0 Å². The summed E-state index contributed by atoms with van der Waals surface area (Å²) in [6.07, 6.45) is 6.65. The van der Waals surface area contributed by atoms with Crippen molar-refractivity contribution in [2.45, 2.75) is 57.9 Å². The maximum atomic E-state index is 12.4. The van der Waals surface area contributed by atoms with Crippen LogP contribution in [0.25, 0.3) is 0 Å². The Morgan fingerprint density at radius 1 is 1.11 bits per heavy atom. The first-order chi connectivity index (χ1) is 12.3. The van der Waals surface area contributed by atoms with E-state index in [9.17, 15) is 13.2 Å². The number of hydrogen-bond donors (Lipinski definition) is 2. The van der Waals surface area contributed by atoms with Crippen molar-refractivity contribution in [1.29, 1.82) is 0 Å². The van der Waals surface area contributed by atoms with Crippen LogP contribution >= 0.6 is 0 Å². The van der Waals surface area contributed by atoms with Crippen molar-refractivity contribution >= 4 is 73.1 Å². The molecule has 6 nitrogen and oxygen atoms in total. The minimum Gasteiger partial charge on any atom is -0.307 e. The molecule has 2 aliphatic rings. The summed E-state index contributed by atoms with van der Waals surface area (Å²) < 4.78 is 26.7. The van der Waals surface area contributed by atoms with Gasteiger partial charge in [-0.1, -0.05) is 6.07 Å². The summed E-state index contributed by atoms with van der Waals surface area (Å²) in [6.45, 7) is 1.96. The molecule has 8 heteroatoms. The van der Waals surface area contributed by atoms with E-state index in [4.69, 9.17) is 0 Å². The van der Waals surface area contributed by atoms with Crippen molar-refractivity contribution in [2.75, 3.05) is 25.2 Å². The van der Waals surface area contributed by atoms with Gasteiger partial charge in [0.1, 0.15) is 0 Å². The Morgan fingerprint density at radius 3 is 2.19 bits per heavy atom. The molecule has 1 atom stereocenters. The third-order valence-corrected chi connectivity index (χ3v) is 6.92. The third-order valence-electron chi connectivity index (χ3n) is 5.65. The SMILES string of the molecule is CC(CCS(=O)(=O)NC(=O)Nc1c2c(cc3c1CCC3)CCC2)N(C)C.[K]. The molecule has 0 aliphatic heterocycles. The predicted molar refractivity (Wildman–Crippen MR) is 110 cm³/mol. The molecule has 1 aromatic rings. The van der Waals surface area contributed by atoms with Crippen molar-refractivity contribution < 1.29 is 13.2 Å². The second-order valence-corrected chi connectivity index (χ2v) is 9.55. The van der Waals surface area contributed by atoms with Gasteiger partial charge < -0.3 is 10.2 Å². The molecule has 3 rings (SSSR count). The van der Waals surface area contributed by atoms with E-state index in [1.54, 1.807) is 0 Å². The molecule has 0 bridgehead atoms. The van der Waals surface area contributed by atoms with Gasteiger partial charge >= 0.3 is 6.03 Å². The van der Waals surface area contributed by atoms with Crippen molar-refractivity contribution in [3.63, 3.8) is 0 Å². The molecule has 0 saturated heterocycles. The quantitative estimate of drug-likeness (QED) is 0.694. The van der Waals surface area contributed by atoms with Gasteiger partial charge in [-0.25, -0.2) is 17.9 Å². The molecule has 2 aliphatic carbocycles. The number of urea groups is 1. The molecular formula is C19H29KN3O3S. The zero-order valence-electron chi connectivity index (χ0n) is 16.9. The van der Waals surface area contributed by atoms with Gasteiger partial charge in [0.25, 0.3) is 0 Å². The van der Waals surface area contributed by atoms with Crippen LogP contribution in [0.15, 0.2) is 6.07 Å². The Morgan fingerprint density at radius 2 is 1.67 bits per heavy atom. The van der Waals surface area contributed by atoms with E-state index in [1.165, 1.54) is 22.3 Å². The fourth-order valence-electron chi connectivity index (χ4n) is 3.88.